The molecule has 0 fully saturated rings. The van der Waals surface area contributed by atoms with Crippen LogP contribution < -0.4 is 37.2 Å². The lowest BCUT2D eigenvalue weighted by atomic mass is 10.00. The first-order chi connectivity index (χ1) is 26.8. The molecule has 0 heterocycles. The topological polar surface area (TPSA) is 243 Å². The van der Waals surface area contributed by atoms with Crippen molar-refractivity contribution in [2.24, 2.45) is 11.0 Å². The average Bonchev–Trinajstić information content (AvgIpc) is 3.18. The quantitative estimate of drug-likeness (QED) is 0.0609. The number of aryl methyl sites for hydroxylation is 1. The number of benzene rings is 3. The van der Waals surface area contributed by atoms with Crippen molar-refractivity contribution >= 4 is 58.2 Å². The highest BCUT2D eigenvalue weighted by Crippen LogP contribution is 2.31. The number of carbonyl (C=O) groups excluding carboxylic acids is 6. The highest BCUT2D eigenvalue weighted by Gasteiger charge is 2.27. The highest BCUT2D eigenvalue weighted by atomic mass is 16.3. The Morgan fingerprint density at radius 3 is 1.93 bits per heavy atom. The molecule has 0 aliphatic heterocycles. The molecule has 0 aliphatic carbocycles. The summed E-state index contributed by atoms with van der Waals surface area (Å²) in [6.45, 7) is 8.21. The number of anilines is 2. The Morgan fingerprint density at radius 1 is 0.696 bits per heavy atom. The van der Waals surface area contributed by atoms with Crippen molar-refractivity contribution < 1.29 is 33.9 Å². The van der Waals surface area contributed by atoms with Crippen molar-refractivity contribution in [1.82, 2.24) is 26.6 Å². The molecule has 0 radical (unpaired) electrons. The van der Waals surface area contributed by atoms with Gasteiger partial charge < -0.3 is 42.3 Å². The van der Waals surface area contributed by atoms with E-state index in [-0.39, 0.29) is 25.4 Å². The second-order valence-electron chi connectivity index (χ2n) is 13.2. The lowest BCUT2D eigenvalue weighted by Gasteiger charge is -2.24. The SMILES string of the molecule is CCN/C(=C(\N=N)c1ccccc1C)c1ccccc1NC(=O)CCC(=O)NCC(=O)NCC(=O)N[C@H](C(=O)N[C@@H](C)C(=O)Nc1ccc(CO)cc1)C(C)C. The van der Waals surface area contributed by atoms with E-state index in [2.05, 4.69) is 42.3 Å². The van der Waals surface area contributed by atoms with Gasteiger partial charge in [-0.25, -0.2) is 5.53 Å². The molecular weight excluding hydrogens is 718 g/mol. The summed E-state index contributed by atoms with van der Waals surface area (Å²) in [4.78, 5) is 76.0. The Labute approximate surface area is 326 Å². The molecule has 16 nitrogen and oxygen atoms in total. The second kappa shape index (κ2) is 22.1. The molecule has 3 rings (SSSR count). The van der Waals surface area contributed by atoms with Gasteiger partial charge in [0.25, 0.3) is 0 Å². The third kappa shape index (κ3) is 13.5. The van der Waals surface area contributed by atoms with Crippen LogP contribution in [0.3, 0.4) is 0 Å². The molecule has 3 aromatic carbocycles. The lowest BCUT2D eigenvalue weighted by molar-refractivity contribution is -0.132. The zero-order chi connectivity index (χ0) is 41.2. The molecule has 0 spiro atoms. The molecule has 6 amide bonds. The van der Waals surface area contributed by atoms with Gasteiger partial charge in [0.15, 0.2) is 0 Å². The summed E-state index contributed by atoms with van der Waals surface area (Å²) in [7, 11) is 0. The number of nitrogens with zero attached hydrogens (tertiary/aromatic N) is 1. The molecule has 0 aromatic heterocycles. The van der Waals surface area contributed by atoms with Gasteiger partial charge >= 0.3 is 0 Å². The van der Waals surface area contributed by atoms with Crippen molar-refractivity contribution in [2.45, 2.75) is 66.2 Å². The van der Waals surface area contributed by atoms with E-state index in [0.717, 1.165) is 11.1 Å². The third-order valence-electron chi connectivity index (χ3n) is 8.47. The number of hydrogen-bond donors (Lipinski definition) is 9. The predicted octanol–water partition coefficient (Wildman–Crippen LogP) is 3.19. The van der Waals surface area contributed by atoms with Gasteiger partial charge in [0.2, 0.25) is 35.4 Å². The highest BCUT2D eigenvalue weighted by molar-refractivity contribution is 6.00. The fourth-order valence-electron chi connectivity index (χ4n) is 5.40. The number of aliphatic hydroxyl groups is 1. The first-order valence-electron chi connectivity index (χ1n) is 18.2. The maximum atomic E-state index is 13.0. The number of aliphatic hydroxyl groups excluding tert-OH is 1. The van der Waals surface area contributed by atoms with Crippen LogP contribution in [0.2, 0.25) is 0 Å². The second-order valence-corrected chi connectivity index (χ2v) is 13.2. The summed E-state index contributed by atoms with van der Waals surface area (Å²) in [6.07, 6.45) is -0.402. The Balaban J connectivity index is 1.46. The summed E-state index contributed by atoms with van der Waals surface area (Å²) in [5.41, 5.74) is 12.8. The monoisotopic (exact) mass is 769 g/mol. The Kier molecular flexibility index (Phi) is 17.3. The van der Waals surface area contributed by atoms with Gasteiger partial charge in [-0.3, -0.25) is 28.8 Å². The fourth-order valence-corrected chi connectivity index (χ4v) is 5.40. The van der Waals surface area contributed by atoms with Gasteiger partial charge in [-0.05, 0) is 56.0 Å². The molecule has 0 saturated carbocycles. The zero-order valence-corrected chi connectivity index (χ0v) is 32.2. The number of rotatable bonds is 20. The van der Waals surface area contributed by atoms with Crippen LogP contribution in [-0.4, -0.2) is 72.3 Å². The van der Waals surface area contributed by atoms with Crippen LogP contribution in [0, 0.1) is 18.4 Å². The number of nitrogens with one attached hydrogen (secondary N) is 8. The van der Waals surface area contributed by atoms with Gasteiger partial charge in [0.1, 0.15) is 17.8 Å². The average molecular weight is 770 g/mol. The summed E-state index contributed by atoms with van der Waals surface area (Å²) >= 11 is 0. The first kappa shape index (κ1) is 44.0. The number of hydrogen-bond acceptors (Lipinski definition) is 10. The smallest absolute Gasteiger partial charge is 0.246 e. The normalized spacial score (nSPS) is 12.3. The van der Waals surface area contributed by atoms with Crippen molar-refractivity contribution in [3.63, 3.8) is 0 Å². The lowest BCUT2D eigenvalue weighted by Crippen LogP contribution is -2.55. The van der Waals surface area contributed by atoms with E-state index >= 15 is 0 Å². The molecule has 9 N–H and O–H groups in total. The van der Waals surface area contributed by atoms with Crippen molar-refractivity contribution in [2.75, 3.05) is 30.3 Å². The van der Waals surface area contributed by atoms with Crippen LogP contribution in [0.1, 0.15) is 62.8 Å². The fraction of sp³-hybridized carbons (Fsp3) is 0.350. The molecule has 3 aromatic rings. The van der Waals surface area contributed by atoms with Gasteiger partial charge in [-0.15, -0.1) is 0 Å². The molecule has 0 unspecified atom stereocenters. The van der Waals surface area contributed by atoms with Crippen LogP contribution in [0.5, 0.6) is 0 Å². The maximum Gasteiger partial charge on any atom is 0.246 e. The summed E-state index contributed by atoms with van der Waals surface area (Å²) < 4.78 is 0. The van der Waals surface area contributed by atoms with Crippen LogP contribution in [0.4, 0.5) is 11.4 Å². The van der Waals surface area contributed by atoms with Gasteiger partial charge in [-0.1, -0.05) is 68.4 Å². The molecule has 0 aliphatic rings. The minimum Gasteiger partial charge on any atom is -0.392 e. The van der Waals surface area contributed by atoms with Gasteiger partial charge in [0.05, 0.1) is 31.1 Å². The van der Waals surface area contributed by atoms with E-state index in [1.54, 1.807) is 62.4 Å². The van der Waals surface area contributed by atoms with E-state index < -0.39 is 60.6 Å². The van der Waals surface area contributed by atoms with Crippen LogP contribution in [0.25, 0.3) is 11.4 Å². The minimum absolute atomic E-state index is 0.136. The van der Waals surface area contributed by atoms with E-state index in [1.807, 2.05) is 38.1 Å². The van der Waals surface area contributed by atoms with Crippen LogP contribution in [0.15, 0.2) is 77.9 Å². The number of para-hydroxylation sites is 1. The minimum atomic E-state index is -1.01. The molecule has 0 bridgehead atoms. The summed E-state index contributed by atoms with van der Waals surface area (Å²) in [5.74, 6) is -3.77. The molecule has 0 saturated heterocycles. The summed E-state index contributed by atoms with van der Waals surface area (Å²) in [6, 6.07) is 19.2. The molecule has 56 heavy (non-hydrogen) atoms. The Hall–Kier alpha value is -6.42. The zero-order valence-electron chi connectivity index (χ0n) is 32.2. The molecule has 16 heteroatoms. The third-order valence-corrected chi connectivity index (χ3v) is 8.47. The van der Waals surface area contributed by atoms with Crippen molar-refractivity contribution in [1.29, 1.82) is 5.53 Å². The Morgan fingerprint density at radius 2 is 1.30 bits per heavy atom. The first-order valence-corrected chi connectivity index (χ1v) is 18.2. The molecule has 2 atom stereocenters. The Bertz CT molecular complexity index is 1910. The number of amides is 6. The van der Waals surface area contributed by atoms with E-state index in [9.17, 15) is 33.9 Å². The van der Waals surface area contributed by atoms with Gasteiger partial charge in [0, 0.05) is 36.2 Å². The predicted molar refractivity (Wildman–Crippen MR) is 213 cm³/mol. The standard InChI is InChI=1S/C40H51N9O7/c1-6-42-37(38(49-41)29-12-8-7-11-25(29)4)30-13-9-10-14-31(30)47-33(52)20-19-32(51)43-21-34(53)44-22-35(54)48-36(24(2)3)40(56)45-26(5)39(55)46-28-17-15-27(23-50)16-18-28/h7-18,24,26,36,41-42,50H,6,19-23H2,1-5H3,(H,43,51)(H,44,53)(H,45,56)(H,46,55)(H,47,52)(H,48,54)/b38-37-,49-41?/t26-,36-/m0/s1. The van der Waals surface area contributed by atoms with E-state index in [0.29, 0.717) is 40.4 Å². The summed E-state index contributed by atoms with van der Waals surface area (Å²) in [5, 5.41) is 31.7. The van der Waals surface area contributed by atoms with Crippen LogP contribution >= 0.6 is 0 Å². The van der Waals surface area contributed by atoms with Crippen LogP contribution in [-0.2, 0) is 35.4 Å². The molecule has 298 valence electrons. The van der Waals surface area contributed by atoms with Crippen molar-refractivity contribution in [3.8, 4) is 0 Å². The largest absolute Gasteiger partial charge is 0.392 e. The maximum absolute atomic E-state index is 13.0. The molecular formula is C40H51N9O7. The van der Waals surface area contributed by atoms with E-state index in [1.165, 1.54) is 6.92 Å². The van der Waals surface area contributed by atoms with Gasteiger partial charge in [-0.2, -0.15) is 5.11 Å². The number of carbonyl (C=O) groups is 6. The van der Waals surface area contributed by atoms with E-state index in [4.69, 9.17) is 5.53 Å². The van der Waals surface area contributed by atoms with Crippen molar-refractivity contribution in [3.05, 3.63) is 95.1 Å².